The number of allylic oxidation sites excluding steroid dienone is 1. The minimum atomic E-state index is 0.661. The molecule has 0 saturated heterocycles. The zero-order valence-electron chi connectivity index (χ0n) is 9.05. The molecule has 0 aromatic carbocycles. The van der Waals surface area contributed by atoms with Gasteiger partial charge in [-0.3, -0.25) is 0 Å². The van der Waals surface area contributed by atoms with Crippen LogP contribution in [0.25, 0.3) is 0 Å². The highest BCUT2D eigenvalue weighted by Gasteiger charge is 2.26. The molecule has 0 amide bonds. The number of hydrogen-bond donors (Lipinski definition) is 0. The molecule has 0 aliphatic heterocycles. The Morgan fingerprint density at radius 3 is 2.79 bits per heavy atom. The minimum Gasteiger partial charge on any atom is -0.144 e. The van der Waals surface area contributed by atoms with Crippen LogP contribution in [0.4, 0.5) is 0 Å². The standard InChI is InChI=1S/C13H18S/c1-4-5-12-11(9(2)3)8-13(14-12)10-6-7-10/h4,8-10H,1,5-7H2,2-3H3. The van der Waals surface area contributed by atoms with E-state index in [1.807, 2.05) is 17.4 Å². The van der Waals surface area contributed by atoms with Crippen molar-refractivity contribution in [1.82, 2.24) is 0 Å². The van der Waals surface area contributed by atoms with Gasteiger partial charge in [-0.05, 0) is 42.7 Å². The largest absolute Gasteiger partial charge is 0.144 e. The highest BCUT2D eigenvalue weighted by molar-refractivity contribution is 7.12. The van der Waals surface area contributed by atoms with Crippen molar-refractivity contribution >= 4 is 11.3 Å². The second-order valence-electron chi connectivity index (χ2n) is 4.45. The van der Waals surface area contributed by atoms with E-state index in [1.165, 1.54) is 17.7 Å². The van der Waals surface area contributed by atoms with E-state index in [4.69, 9.17) is 0 Å². The number of rotatable bonds is 4. The Bertz CT molecular complexity index is 329. The highest BCUT2D eigenvalue weighted by atomic mass is 32.1. The van der Waals surface area contributed by atoms with E-state index in [2.05, 4.69) is 26.5 Å². The fraction of sp³-hybridized carbons (Fsp3) is 0.538. The SMILES string of the molecule is C=CCc1sc(C2CC2)cc1C(C)C. The predicted octanol–water partition coefficient (Wildman–Crippen LogP) is 4.48. The number of thiophene rings is 1. The van der Waals surface area contributed by atoms with E-state index in [0.29, 0.717) is 5.92 Å². The Labute approximate surface area is 90.7 Å². The predicted molar refractivity (Wildman–Crippen MR) is 64.3 cm³/mol. The van der Waals surface area contributed by atoms with Crippen LogP contribution in [-0.4, -0.2) is 0 Å². The molecule has 0 nitrogen and oxygen atoms in total. The number of hydrogen-bond acceptors (Lipinski definition) is 1. The Hall–Kier alpha value is -0.560. The first-order valence-electron chi connectivity index (χ1n) is 5.45. The van der Waals surface area contributed by atoms with E-state index < -0.39 is 0 Å². The minimum absolute atomic E-state index is 0.661. The van der Waals surface area contributed by atoms with Gasteiger partial charge in [0.2, 0.25) is 0 Å². The molecule has 1 saturated carbocycles. The quantitative estimate of drug-likeness (QED) is 0.637. The molecule has 14 heavy (non-hydrogen) atoms. The van der Waals surface area contributed by atoms with Gasteiger partial charge in [0.1, 0.15) is 0 Å². The summed E-state index contributed by atoms with van der Waals surface area (Å²) >= 11 is 2.01. The Morgan fingerprint density at radius 1 is 1.57 bits per heavy atom. The van der Waals surface area contributed by atoms with Crippen molar-refractivity contribution in [1.29, 1.82) is 0 Å². The van der Waals surface area contributed by atoms with Crippen molar-refractivity contribution in [2.45, 2.75) is 44.9 Å². The van der Waals surface area contributed by atoms with E-state index in [1.54, 1.807) is 10.4 Å². The molecule has 1 heteroatoms. The zero-order chi connectivity index (χ0) is 10.1. The lowest BCUT2D eigenvalue weighted by molar-refractivity contribution is 0.858. The van der Waals surface area contributed by atoms with Gasteiger partial charge < -0.3 is 0 Å². The first kappa shape index (κ1) is 9.97. The maximum atomic E-state index is 3.83. The van der Waals surface area contributed by atoms with Crippen molar-refractivity contribution in [3.8, 4) is 0 Å². The van der Waals surface area contributed by atoms with Gasteiger partial charge in [0.25, 0.3) is 0 Å². The summed E-state index contributed by atoms with van der Waals surface area (Å²) in [7, 11) is 0. The summed E-state index contributed by atoms with van der Waals surface area (Å²) in [5.41, 5.74) is 1.55. The first-order valence-corrected chi connectivity index (χ1v) is 6.27. The molecule has 1 aromatic rings. The average molecular weight is 206 g/mol. The van der Waals surface area contributed by atoms with Gasteiger partial charge in [-0.15, -0.1) is 17.9 Å². The molecule has 1 aliphatic carbocycles. The second-order valence-corrected chi connectivity index (χ2v) is 5.62. The van der Waals surface area contributed by atoms with Crippen LogP contribution in [-0.2, 0) is 6.42 Å². The third-order valence-electron chi connectivity index (χ3n) is 2.79. The first-order chi connectivity index (χ1) is 6.72. The van der Waals surface area contributed by atoms with Crippen LogP contribution < -0.4 is 0 Å². The summed E-state index contributed by atoms with van der Waals surface area (Å²) < 4.78 is 0. The molecule has 0 N–H and O–H groups in total. The maximum absolute atomic E-state index is 3.83. The van der Waals surface area contributed by atoms with Crippen LogP contribution >= 0.6 is 11.3 Å². The third kappa shape index (κ3) is 1.93. The molecule has 1 aliphatic rings. The summed E-state index contributed by atoms with van der Waals surface area (Å²) in [6.07, 6.45) is 5.89. The van der Waals surface area contributed by atoms with Crippen molar-refractivity contribution in [2.75, 3.05) is 0 Å². The van der Waals surface area contributed by atoms with Crippen molar-refractivity contribution < 1.29 is 0 Å². The molecule has 1 fully saturated rings. The molecule has 1 aromatic heterocycles. The molecule has 0 atom stereocenters. The lowest BCUT2D eigenvalue weighted by Crippen LogP contribution is -1.88. The Morgan fingerprint density at radius 2 is 2.29 bits per heavy atom. The van der Waals surface area contributed by atoms with Crippen LogP contribution in [0.1, 0.15) is 53.8 Å². The molecular formula is C13H18S. The van der Waals surface area contributed by atoms with Crippen molar-refractivity contribution in [2.24, 2.45) is 0 Å². The fourth-order valence-electron chi connectivity index (χ4n) is 1.81. The van der Waals surface area contributed by atoms with Crippen LogP contribution in [0, 0.1) is 0 Å². The summed E-state index contributed by atoms with van der Waals surface area (Å²) in [6.45, 7) is 8.40. The fourth-order valence-corrected chi connectivity index (χ4v) is 3.30. The Balaban J connectivity index is 2.29. The van der Waals surface area contributed by atoms with Crippen LogP contribution in [0.5, 0.6) is 0 Å². The van der Waals surface area contributed by atoms with E-state index in [-0.39, 0.29) is 0 Å². The lowest BCUT2D eigenvalue weighted by atomic mass is 10.0. The van der Waals surface area contributed by atoms with Gasteiger partial charge >= 0.3 is 0 Å². The van der Waals surface area contributed by atoms with Gasteiger partial charge in [0, 0.05) is 9.75 Å². The summed E-state index contributed by atoms with van der Waals surface area (Å²) in [5, 5.41) is 0. The maximum Gasteiger partial charge on any atom is 0.0120 e. The third-order valence-corrected chi connectivity index (χ3v) is 4.13. The van der Waals surface area contributed by atoms with Gasteiger partial charge in [0.15, 0.2) is 0 Å². The molecule has 0 bridgehead atoms. The molecule has 2 rings (SSSR count). The van der Waals surface area contributed by atoms with Gasteiger partial charge in [-0.1, -0.05) is 19.9 Å². The zero-order valence-corrected chi connectivity index (χ0v) is 9.86. The van der Waals surface area contributed by atoms with Gasteiger partial charge in [-0.25, -0.2) is 0 Å². The van der Waals surface area contributed by atoms with E-state index in [9.17, 15) is 0 Å². The molecular weight excluding hydrogens is 188 g/mol. The summed E-state index contributed by atoms with van der Waals surface area (Å²) in [5.74, 6) is 1.56. The monoisotopic (exact) mass is 206 g/mol. The topological polar surface area (TPSA) is 0 Å². The van der Waals surface area contributed by atoms with E-state index >= 15 is 0 Å². The summed E-state index contributed by atoms with van der Waals surface area (Å²) in [4.78, 5) is 3.16. The molecule has 0 spiro atoms. The van der Waals surface area contributed by atoms with E-state index in [0.717, 1.165) is 12.3 Å². The smallest absolute Gasteiger partial charge is 0.0120 e. The highest BCUT2D eigenvalue weighted by Crippen LogP contribution is 2.45. The molecule has 76 valence electrons. The summed E-state index contributed by atoms with van der Waals surface area (Å²) in [6, 6.07) is 2.44. The van der Waals surface area contributed by atoms with Crippen LogP contribution in [0.3, 0.4) is 0 Å². The molecule has 0 radical (unpaired) electrons. The van der Waals surface area contributed by atoms with Crippen molar-refractivity contribution in [3.05, 3.63) is 34.0 Å². The molecule has 1 heterocycles. The van der Waals surface area contributed by atoms with Crippen LogP contribution in [0.2, 0.25) is 0 Å². The molecule has 0 unspecified atom stereocenters. The average Bonchev–Trinajstić information content (AvgIpc) is 2.89. The van der Waals surface area contributed by atoms with Crippen molar-refractivity contribution in [3.63, 3.8) is 0 Å². The lowest BCUT2D eigenvalue weighted by Gasteiger charge is -2.03. The normalized spacial score (nSPS) is 16.2. The van der Waals surface area contributed by atoms with Gasteiger partial charge in [0.05, 0.1) is 0 Å². The second kappa shape index (κ2) is 3.90. The Kier molecular flexibility index (Phi) is 2.78. The van der Waals surface area contributed by atoms with Crippen LogP contribution in [0.15, 0.2) is 18.7 Å². The van der Waals surface area contributed by atoms with Gasteiger partial charge in [-0.2, -0.15) is 0 Å².